The van der Waals surface area contributed by atoms with Gasteiger partial charge in [0.1, 0.15) is 0 Å². The Morgan fingerprint density at radius 1 is 1.46 bits per heavy atom. The maximum atomic E-state index is 10.2. The van der Waals surface area contributed by atoms with Crippen LogP contribution in [-0.2, 0) is 4.79 Å². The quantitative estimate of drug-likeness (QED) is 0.644. The lowest BCUT2D eigenvalue weighted by molar-refractivity contribution is -0.136. The molecule has 0 aromatic heterocycles. The fourth-order valence-electron chi connectivity index (χ4n) is 1.08. The Balaban J connectivity index is 3.64. The molecule has 13 heavy (non-hydrogen) atoms. The van der Waals surface area contributed by atoms with Gasteiger partial charge in [0.05, 0.1) is 0 Å². The highest BCUT2D eigenvalue weighted by molar-refractivity contribution is 5.66. The van der Waals surface area contributed by atoms with Gasteiger partial charge in [-0.3, -0.25) is 4.79 Å². The van der Waals surface area contributed by atoms with Crippen LogP contribution in [0.5, 0.6) is 0 Å². The Labute approximate surface area is 80.7 Å². The normalized spacial score (nSPS) is 15.9. The minimum atomic E-state index is -0.721. The second-order valence-electron chi connectivity index (χ2n) is 3.61. The van der Waals surface area contributed by atoms with E-state index < -0.39 is 5.97 Å². The van der Waals surface area contributed by atoms with Crippen LogP contribution < -0.4 is 0 Å². The summed E-state index contributed by atoms with van der Waals surface area (Å²) >= 11 is 0. The number of rotatable bonds is 6. The molecule has 0 aliphatic rings. The predicted molar refractivity (Wildman–Crippen MR) is 54.6 cm³/mol. The number of carboxylic acids is 1. The zero-order valence-electron chi connectivity index (χ0n) is 8.79. The standard InChI is InChI=1S/C11H20O2/c1-4-9(2)10(3)7-5-6-8-11(12)13/h5,7,9-10H,4,6,8H2,1-3H3,(H,12,13). The fraction of sp³-hybridized carbons (Fsp3) is 0.727. The van der Waals surface area contributed by atoms with Crippen molar-refractivity contribution in [2.24, 2.45) is 11.8 Å². The van der Waals surface area contributed by atoms with Gasteiger partial charge in [-0.1, -0.05) is 39.3 Å². The minimum Gasteiger partial charge on any atom is -0.481 e. The first-order valence-corrected chi connectivity index (χ1v) is 4.96. The molecule has 1 N–H and O–H groups in total. The van der Waals surface area contributed by atoms with Crippen LogP contribution in [-0.4, -0.2) is 11.1 Å². The zero-order valence-corrected chi connectivity index (χ0v) is 8.79. The molecule has 0 bridgehead atoms. The lowest BCUT2D eigenvalue weighted by Gasteiger charge is -2.13. The summed E-state index contributed by atoms with van der Waals surface area (Å²) in [4.78, 5) is 10.2. The van der Waals surface area contributed by atoms with Crippen LogP contribution in [0.4, 0.5) is 0 Å². The molecule has 0 aromatic carbocycles. The zero-order chi connectivity index (χ0) is 10.3. The van der Waals surface area contributed by atoms with E-state index in [0.29, 0.717) is 18.3 Å². The van der Waals surface area contributed by atoms with Crippen molar-refractivity contribution in [3.63, 3.8) is 0 Å². The van der Waals surface area contributed by atoms with Crippen molar-refractivity contribution in [3.8, 4) is 0 Å². The highest BCUT2D eigenvalue weighted by Crippen LogP contribution is 2.15. The molecule has 0 fully saturated rings. The molecule has 76 valence electrons. The van der Waals surface area contributed by atoms with Gasteiger partial charge in [0, 0.05) is 6.42 Å². The van der Waals surface area contributed by atoms with Crippen molar-refractivity contribution in [2.45, 2.75) is 40.0 Å². The number of hydrogen-bond acceptors (Lipinski definition) is 1. The largest absolute Gasteiger partial charge is 0.481 e. The summed E-state index contributed by atoms with van der Waals surface area (Å²) in [5.41, 5.74) is 0. The van der Waals surface area contributed by atoms with Crippen molar-refractivity contribution >= 4 is 5.97 Å². The third-order valence-corrected chi connectivity index (χ3v) is 2.51. The molecule has 0 saturated carbocycles. The molecule has 0 saturated heterocycles. The summed E-state index contributed by atoms with van der Waals surface area (Å²) in [7, 11) is 0. The Morgan fingerprint density at radius 3 is 2.54 bits per heavy atom. The smallest absolute Gasteiger partial charge is 0.303 e. The summed E-state index contributed by atoms with van der Waals surface area (Å²) in [6, 6.07) is 0. The Kier molecular flexibility index (Phi) is 6.29. The summed E-state index contributed by atoms with van der Waals surface area (Å²) in [6.45, 7) is 6.56. The molecule has 0 aromatic rings. The number of carbonyl (C=O) groups is 1. The molecular formula is C11H20O2. The average molecular weight is 184 g/mol. The molecule has 0 rings (SSSR count). The van der Waals surface area contributed by atoms with E-state index in [0.717, 1.165) is 0 Å². The van der Waals surface area contributed by atoms with Gasteiger partial charge < -0.3 is 5.11 Å². The summed E-state index contributed by atoms with van der Waals surface area (Å²) in [6.07, 6.45) is 6.16. The number of aliphatic carboxylic acids is 1. The number of hydrogen-bond donors (Lipinski definition) is 1. The topological polar surface area (TPSA) is 37.3 Å². The summed E-state index contributed by atoms with van der Waals surface area (Å²) < 4.78 is 0. The van der Waals surface area contributed by atoms with Crippen LogP contribution >= 0.6 is 0 Å². The molecule has 2 unspecified atom stereocenters. The first-order valence-electron chi connectivity index (χ1n) is 4.96. The average Bonchev–Trinajstić information content (AvgIpc) is 2.10. The van der Waals surface area contributed by atoms with Gasteiger partial charge in [-0.2, -0.15) is 0 Å². The van der Waals surface area contributed by atoms with E-state index in [-0.39, 0.29) is 6.42 Å². The fourth-order valence-corrected chi connectivity index (χ4v) is 1.08. The maximum absolute atomic E-state index is 10.2. The Bertz CT molecular complexity index is 173. The minimum absolute atomic E-state index is 0.240. The van der Waals surface area contributed by atoms with Crippen molar-refractivity contribution in [1.82, 2.24) is 0 Å². The first kappa shape index (κ1) is 12.2. The molecule has 2 atom stereocenters. The van der Waals surface area contributed by atoms with E-state index in [1.54, 1.807) is 0 Å². The molecule has 2 heteroatoms. The maximum Gasteiger partial charge on any atom is 0.303 e. The van der Waals surface area contributed by atoms with Crippen molar-refractivity contribution < 1.29 is 9.90 Å². The van der Waals surface area contributed by atoms with Crippen LogP contribution in [0.15, 0.2) is 12.2 Å². The van der Waals surface area contributed by atoms with Crippen molar-refractivity contribution in [3.05, 3.63) is 12.2 Å². The monoisotopic (exact) mass is 184 g/mol. The van der Waals surface area contributed by atoms with Crippen molar-refractivity contribution in [1.29, 1.82) is 0 Å². The van der Waals surface area contributed by atoms with Gasteiger partial charge in [-0.25, -0.2) is 0 Å². The van der Waals surface area contributed by atoms with E-state index in [4.69, 9.17) is 5.11 Å². The molecule has 0 aliphatic carbocycles. The van der Waals surface area contributed by atoms with Gasteiger partial charge in [0.2, 0.25) is 0 Å². The van der Waals surface area contributed by atoms with E-state index in [1.807, 2.05) is 6.08 Å². The van der Waals surface area contributed by atoms with E-state index in [1.165, 1.54) is 6.42 Å². The molecular weight excluding hydrogens is 164 g/mol. The highest BCUT2D eigenvalue weighted by atomic mass is 16.4. The number of allylic oxidation sites excluding steroid dienone is 2. The molecule has 0 spiro atoms. The molecule has 2 nitrogen and oxygen atoms in total. The first-order chi connectivity index (χ1) is 6.07. The van der Waals surface area contributed by atoms with Crippen LogP contribution in [0.25, 0.3) is 0 Å². The van der Waals surface area contributed by atoms with E-state index >= 15 is 0 Å². The number of carboxylic acid groups (broad SMARTS) is 1. The van der Waals surface area contributed by atoms with E-state index in [2.05, 4.69) is 26.8 Å². The Hall–Kier alpha value is -0.790. The summed E-state index contributed by atoms with van der Waals surface area (Å²) in [5.74, 6) is 0.515. The predicted octanol–water partition coefficient (Wildman–Crippen LogP) is 3.09. The molecule has 0 radical (unpaired) electrons. The molecule has 0 amide bonds. The van der Waals surface area contributed by atoms with E-state index in [9.17, 15) is 4.79 Å². The van der Waals surface area contributed by atoms with Crippen LogP contribution in [0.2, 0.25) is 0 Å². The molecule has 0 aliphatic heterocycles. The third kappa shape index (κ3) is 6.38. The third-order valence-electron chi connectivity index (χ3n) is 2.51. The van der Waals surface area contributed by atoms with Crippen LogP contribution in [0, 0.1) is 11.8 Å². The van der Waals surface area contributed by atoms with Gasteiger partial charge >= 0.3 is 5.97 Å². The van der Waals surface area contributed by atoms with Gasteiger partial charge in [-0.15, -0.1) is 0 Å². The summed E-state index contributed by atoms with van der Waals surface area (Å²) in [5, 5.41) is 8.40. The van der Waals surface area contributed by atoms with Crippen LogP contribution in [0.1, 0.15) is 40.0 Å². The van der Waals surface area contributed by atoms with Crippen molar-refractivity contribution in [2.75, 3.05) is 0 Å². The highest BCUT2D eigenvalue weighted by Gasteiger charge is 2.05. The van der Waals surface area contributed by atoms with Gasteiger partial charge in [0.25, 0.3) is 0 Å². The molecule has 0 heterocycles. The lowest BCUT2D eigenvalue weighted by atomic mass is 9.93. The van der Waals surface area contributed by atoms with Crippen LogP contribution in [0.3, 0.4) is 0 Å². The second-order valence-corrected chi connectivity index (χ2v) is 3.61. The van der Waals surface area contributed by atoms with Gasteiger partial charge in [0.15, 0.2) is 0 Å². The second kappa shape index (κ2) is 6.70. The lowest BCUT2D eigenvalue weighted by Crippen LogP contribution is -2.03. The SMILES string of the molecule is CCC(C)C(C)C=CCCC(=O)O. The van der Waals surface area contributed by atoms with Gasteiger partial charge in [-0.05, 0) is 18.3 Å². The Morgan fingerprint density at radius 2 is 2.08 bits per heavy atom.